The van der Waals surface area contributed by atoms with Crippen molar-refractivity contribution in [3.63, 3.8) is 0 Å². The normalized spacial score (nSPS) is 10.9. The molecule has 1 aromatic heterocycles. The third-order valence-corrected chi connectivity index (χ3v) is 2.38. The Kier molecular flexibility index (Phi) is 1.68. The van der Waals surface area contributed by atoms with Crippen molar-refractivity contribution in [1.29, 1.82) is 0 Å². The van der Waals surface area contributed by atoms with Crippen LogP contribution < -0.4 is 0 Å². The molecule has 0 saturated carbocycles. The molecule has 12 heavy (non-hydrogen) atoms. The largest absolute Gasteiger partial charge is 0.324 e. The minimum atomic E-state index is 1.03. The van der Waals surface area contributed by atoms with Crippen LogP contribution in [0.25, 0.3) is 11.0 Å². The smallest absolute Gasteiger partial charge is 0.177 e. The van der Waals surface area contributed by atoms with Crippen LogP contribution in [0.15, 0.2) is 16.6 Å². The Morgan fingerprint density at radius 2 is 2.25 bits per heavy atom. The van der Waals surface area contributed by atoms with Gasteiger partial charge in [-0.2, -0.15) is 0 Å². The van der Waals surface area contributed by atoms with Gasteiger partial charge in [-0.25, -0.2) is 4.98 Å². The fourth-order valence-corrected chi connectivity index (χ4v) is 1.86. The number of imidazole rings is 1. The van der Waals surface area contributed by atoms with E-state index in [1.807, 2.05) is 24.6 Å². The highest BCUT2D eigenvalue weighted by Crippen LogP contribution is 2.21. The van der Waals surface area contributed by atoms with E-state index >= 15 is 0 Å². The van der Waals surface area contributed by atoms with Crippen molar-refractivity contribution in [1.82, 2.24) is 9.55 Å². The van der Waals surface area contributed by atoms with Crippen molar-refractivity contribution in [2.75, 3.05) is 0 Å². The van der Waals surface area contributed by atoms with Gasteiger partial charge in [0.25, 0.3) is 0 Å². The highest BCUT2D eigenvalue weighted by Gasteiger charge is 2.03. The second kappa shape index (κ2) is 2.59. The maximum Gasteiger partial charge on any atom is 0.177 e. The van der Waals surface area contributed by atoms with Crippen LogP contribution in [0.1, 0.15) is 5.56 Å². The molecule has 0 amide bonds. The summed E-state index contributed by atoms with van der Waals surface area (Å²) in [5.41, 5.74) is 3.32. The molecule has 2 rings (SSSR count). The first-order valence-electron chi connectivity index (χ1n) is 3.69. The lowest BCUT2D eigenvalue weighted by molar-refractivity contribution is 0.935. The summed E-state index contributed by atoms with van der Waals surface area (Å²) in [6.07, 6.45) is 2.89. The molecule has 0 unspecified atom stereocenters. The van der Waals surface area contributed by atoms with E-state index in [-0.39, 0.29) is 0 Å². The number of nitrogens with zero attached hydrogens (tertiary/aromatic N) is 2. The molecular weight excluding hydrogens is 216 g/mol. The minimum absolute atomic E-state index is 1.03. The summed E-state index contributed by atoms with van der Waals surface area (Å²) in [6, 6.07) is 4.11. The first-order valence-corrected chi connectivity index (χ1v) is 4.48. The number of hydrogen-bond acceptors (Lipinski definition) is 1. The molecule has 2 aromatic rings. The van der Waals surface area contributed by atoms with Gasteiger partial charge < -0.3 is 4.57 Å². The maximum atomic E-state index is 4.18. The van der Waals surface area contributed by atoms with E-state index in [0.717, 1.165) is 15.5 Å². The fourth-order valence-electron chi connectivity index (χ4n) is 1.30. The quantitative estimate of drug-likeness (QED) is 0.672. The van der Waals surface area contributed by atoms with E-state index in [4.69, 9.17) is 0 Å². The number of benzene rings is 1. The predicted molar refractivity (Wildman–Crippen MR) is 52.0 cm³/mol. The Balaban J connectivity index is 2.92. The van der Waals surface area contributed by atoms with Crippen LogP contribution in [0, 0.1) is 13.3 Å². The molecule has 1 aromatic carbocycles. The minimum Gasteiger partial charge on any atom is -0.324 e. The summed E-state index contributed by atoms with van der Waals surface area (Å²) in [7, 11) is 1.95. The van der Waals surface area contributed by atoms with Gasteiger partial charge in [-0.1, -0.05) is 15.9 Å². The van der Waals surface area contributed by atoms with E-state index in [1.165, 1.54) is 5.56 Å². The van der Waals surface area contributed by atoms with Crippen molar-refractivity contribution in [2.45, 2.75) is 6.92 Å². The van der Waals surface area contributed by atoms with Gasteiger partial charge in [0.05, 0.1) is 11.0 Å². The molecule has 0 bridgehead atoms. The topological polar surface area (TPSA) is 17.8 Å². The van der Waals surface area contributed by atoms with Crippen molar-refractivity contribution < 1.29 is 0 Å². The average Bonchev–Trinajstić information content (AvgIpc) is 2.33. The van der Waals surface area contributed by atoms with Gasteiger partial charge in [0.15, 0.2) is 6.33 Å². The third-order valence-electron chi connectivity index (χ3n) is 1.92. The fraction of sp³-hybridized carbons (Fsp3) is 0.222. The summed E-state index contributed by atoms with van der Waals surface area (Å²) in [6.45, 7) is 2.05. The van der Waals surface area contributed by atoms with Crippen LogP contribution in [-0.4, -0.2) is 9.55 Å². The van der Waals surface area contributed by atoms with Gasteiger partial charge >= 0.3 is 0 Å². The zero-order chi connectivity index (χ0) is 8.72. The Morgan fingerprint density at radius 1 is 1.50 bits per heavy atom. The summed E-state index contributed by atoms with van der Waals surface area (Å²) in [4.78, 5) is 4.18. The van der Waals surface area contributed by atoms with Crippen LogP contribution in [0.4, 0.5) is 0 Å². The lowest BCUT2D eigenvalue weighted by Crippen LogP contribution is -1.84. The summed E-state index contributed by atoms with van der Waals surface area (Å²) >= 11 is 3.45. The Morgan fingerprint density at radius 3 is 3.00 bits per heavy atom. The van der Waals surface area contributed by atoms with Gasteiger partial charge in [-0.05, 0) is 24.6 Å². The molecule has 0 fully saturated rings. The molecule has 0 saturated heterocycles. The van der Waals surface area contributed by atoms with Crippen LogP contribution in [0.5, 0.6) is 0 Å². The molecule has 0 aliphatic heterocycles. The lowest BCUT2D eigenvalue weighted by atomic mass is 10.2. The zero-order valence-electron chi connectivity index (χ0n) is 6.93. The first-order chi connectivity index (χ1) is 5.68. The second-order valence-corrected chi connectivity index (χ2v) is 3.78. The first kappa shape index (κ1) is 7.80. The Hall–Kier alpha value is -0.830. The Bertz CT molecular complexity index is 431. The number of fused-ring (bicyclic) bond motifs is 1. The van der Waals surface area contributed by atoms with Crippen LogP contribution in [0.3, 0.4) is 0 Å². The average molecular weight is 224 g/mol. The molecule has 0 aliphatic carbocycles. The van der Waals surface area contributed by atoms with Crippen LogP contribution >= 0.6 is 15.9 Å². The maximum absolute atomic E-state index is 4.18. The van der Waals surface area contributed by atoms with Crippen molar-refractivity contribution in [3.8, 4) is 0 Å². The van der Waals surface area contributed by atoms with Gasteiger partial charge in [0.2, 0.25) is 0 Å². The van der Waals surface area contributed by atoms with Crippen molar-refractivity contribution in [2.24, 2.45) is 7.05 Å². The molecule has 1 radical (unpaired) electrons. The summed E-state index contributed by atoms with van der Waals surface area (Å²) in [5.74, 6) is 0. The SMILES string of the molecule is Cc1cc(Br)cc2c1n[c]n2C. The van der Waals surface area contributed by atoms with Crippen molar-refractivity contribution in [3.05, 3.63) is 28.5 Å². The van der Waals surface area contributed by atoms with Crippen molar-refractivity contribution >= 4 is 27.0 Å². The molecule has 0 N–H and O–H groups in total. The van der Waals surface area contributed by atoms with Gasteiger partial charge in [0.1, 0.15) is 0 Å². The highest BCUT2D eigenvalue weighted by atomic mass is 79.9. The molecule has 0 spiro atoms. The number of aryl methyl sites for hydroxylation is 2. The summed E-state index contributed by atoms with van der Waals surface area (Å²) < 4.78 is 2.98. The number of aromatic nitrogens is 2. The second-order valence-electron chi connectivity index (χ2n) is 2.86. The zero-order valence-corrected chi connectivity index (χ0v) is 8.51. The molecule has 2 nitrogen and oxygen atoms in total. The molecule has 1 heterocycles. The molecular formula is C9H8BrN2. The highest BCUT2D eigenvalue weighted by molar-refractivity contribution is 9.10. The Labute approximate surface area is 79.3 Å². The standard InChI is InChI=1S/C9H8BrN2/c1-6-3-7(10)4-8-9(6)11-5-12(8)2/h3-4H,1-2H3. The van der Waals surface area contributed by atoms with E-state index < -0.39 is 0 Å². The predicted octanol–water partition coefficient (Wildman–Crippen LogP) is 2.44. The molecule has 3 heteroatoms. The monoisotopic (exact) mass is 223 g/mol. The van der Waals surface area contributed by atoms with Crippen LogP contribution in [0.2, 0.25) is 0 Å². The van der Waals surface area contributed by atoms with E-state index in [9.17, 15) is 0 Å². The summed E-state index contributed by atoms with van der Waals surface area (Å²) in [5, 5.41) is 0. The lowest BCUT2D eigenvalue weighted by Gasteiger charge is -1.97. The van der Waals surface area contributed by atoms with E-state index in [1.54, 1.807) is 0 Å². The molecule has 0 aliphatic rings. The van der Waals surface area contributed by atoms with E-state index in [0.29, 0.717) is 0 Å². The van der Waals surface area contributed by atoms with Gasteiger partial charge in [0, 0.05) is 11.5 Å². The number of halogens is 1. The number of hydrogen-bond donors (Lipinski definition) is 0. The number of rotatable bonds is 0. The van der Waals surface area contributed by atoms with E-state index in [2.05, 4.69) is 33.3 Å². The molecule has 0 atom stereocenters. The van der Waals surface area contributed by atoms with Crippen LogP contribution in [-0.2, 0) is 7.05 Å². The third kappa shape index (κ3) is 1.05. The van der Waals surface area contributed by atoms with Gasteiger partial charge in [-0.3, -0.25) is 0 Å². The molecule has 61 valence electrons. The van der Waals surface area contributed by atoms with Gasteiger partial charge in [-0.15, -0.1) is 0 Å².